The summed E-state index contributed by atoms with van der Waals surface area (Å²) in [4.78, 5) is 5.75. The van der Waals surface area contributed by atoms with Crippen LogP contribution in [0.1, 0.15) is 44.6 Å². The number of nitrogens with zero attached hydrogens (tertiary/aromatic N) is 1. The third kappa shape index (κ3) is 2.05. The van der Waals surface area contributed by atoms with E-state index in [1.54, 1.807) is 0 Å². The minimum atomic E-state index is 0.173. The van der Waals surface area contributed by atoms with Gasteiger partial charge in [0, 0.05) is 11.8 Å². The minimum absolute atomic E-state index is 0.173. The molecule has 2 unspecified atom stereocenters. The summed E-state index contributed by atoms with van der Waals surface area (Å²) in [6.07, 6.45) is 7.48. The molecule has 18 heavy (non-hydrogen) atoms. The molecule has 1 aliphatic heterocycles. The van der Waals surface area contributed by atoms with Crippen LogP contribution in [0.25, 0.3) is 0 Å². The highest BCUT2D eigenvalue weighted by molar-refractivity contribution is 5.91. The molecule has 0 spiro atoms. The van der Waals surface area contributed by atoms with Crippen molar-refractivity contribution < 1.29 is 4.84 Å². The van der Waals surface area contributed by atoms with Gasteiger partial charge in [0.2, 0.25) is 0 Å². The van der Waals surface area contributed by atoms with E-state index in [1.165, 1.54) is 37.0 Å². The van der Waals surface area contributed by atoms with Gasteiger partial charge in [-0.15, -0.1) is 0 Å². The molecule has 1 saturated carbocycles. The summed E-state index contributed by atoms with van der Waals surface area (Å²) < 4.78 is 0. The molecule has 1 fully saturated rings. The quantitative estimate of drug-likeness (QED) is 0.770. The van der Waals surface area contributed by atoms with Crippen LogP contribution in [0.4, 0.5) is 0 Å². The van der Waals surface area contributed by atoms with E-state index in [-0.39, 0.29) is 11.5 Å². The summed E-state index contributed by atoms with van der Waals surface area (Å²) in [7, 11) is 0. The minimum Gasteiger partial charge on any atom is -0.391 e. The fourth-order valence-corrected chi connectivity index (χ4v) is 3.22. The van der Waals surface area contributed by atoms with Gasteiger partial charge in [-0.1, -0.05) is 55.3 Å². The van der Waals surface area contributed by atoms with E-state index < -0.39 is 0 Å². The lowest BCUT2D eigenvalue weighted by molar-refractivity contribution is 0.0271. The van der Waals surface area contributed by atoms with Crippen LogP contribution in [0.5, 0.6) is 0 Å². The summed E-state index contributed by atoms with van der Waals surface area (Å²) in [5.74, 6) is 0. The molecular weight excluding hydrogens is 222 g/mol. The Balaban J connectivity index is 1.78. The van der Waals surface area contributed by atoms with Gasteiger partial charge in [0.15, 0.2) is 0 Å². The number of rotatable bonds is 2. The monoisotopic (exact) mass is 243 g/mol. The molecule has 0 bridgehead atoms. The SMILES string of the molecule is CC12CCCCCC1=NOC2Cc1ccccc1. The van der Waals surface area contributed by atoms with Crippen LogP contribution >= 0.6 is 0 Å². The Morgan fingerprint density at radius 1 is 1.22 bits per heavy atom. The molecule has 2 atom stereocenters. The summed E-state index contributed by atoms with van der Waals surface area (Å²) in [5, 5.41) is 4.38. The zero-order valence-corrected chi connectivity index (χ0v) is 11.1. The van der Waals surface area contributed by atoms with Crippen LogP contribution in [0, 0.1) is 5.41 Å². The average molecular weight is 243 g/mol. The van der Waals surface area contributed by atoms with Crippen LogP contribution in [0.2, 0.25) is 0 Å². The smallest absolute Gasteiger partial charge is 0.142 e. The van der Waals surface area contributed by atoms with Crippen LogP contribution in [0.15, 0.2) is 35.5 Å². The standard InChI is InChI=1S/C16H21NO/c1-16-11-7-3-6-10-14(16)17-18-15(16)12-13-8-4-2-5-9-13/h2,4-5,8-9,15H,3,6-7,10-12H2,1H3. The van der Waals surface area contributed by atoms with E-state index in [1.807, 2.05) is 0 Å². The summed E-state index contributed by atoms with van der Waals surface area (Å²) in [5.41, 5.74) is 2.83. The van der Waals surface area contributed by atoms with E-state index in [4.69, 9.17) is 4.84 Å². The molecular formula is C16H21NO. The van der Waals surface area contributed by atoms with E-state index in [0.717, 1.165) is 12.8 Å². The van der Waals surface area contributed by atoms with Crippen molar-refractivity contribution in [2.45, 2.75) is 51.6 Å². The van der Waals surface area contributed by atoms with Crippen LogP contribution < -0.4 is 0 Å². The zero-order valence-electron chi connectivity index (χ0n) is 11.1. The molecule has 0 N–H and O–H groups in total. The number of fused-ring (bicyclic) bond motifs is 1. The Morgan fingerprint density at radius 3 is 2.89 bits per heavy atom. The van der Waals surface area contributed by atoms with Crippen molar-refractivity contribution in [3.05, 3.63) is 35.9 Å². The van der Waals surface area contributed by atoms with E-state index in [9.17, 15) is 0 Å². The number of hydrogen-bond donors (Lipinski definition) is 0. The Morgan fingerprint density at radius 2 is 2.06 bits per heavy atom. The normalized spacial score (nSPS) is 31.2. The summed E-state index contributed by atoms with van der Waals surface area (Å²) in [6.45, 7) is 2.35. The summed E-state index contributed by atoms with van der Waals surface area (Å²) in [6, 6.07) is 10.6. The lowest BCUT2D eigenvalue weighted by atomic mass is 9.74. The molecule has 0 saturated heterocycles. The van der Waals surface area contributed by atoms with Crippen LogP contribution in [0.3, 0.4) is 0 Å². The highest BCUT2D eigenvalue weighted by Crippen LogP contribution is 2.42. The maximum Gasteiger partial charge on any atom is 0.142 e. The van der Waals surface area contributed by atoms with Gasteiger partial charge in [-0.2, -0.15) is 0 Å². The van der Waals surface area contributed by atoms with Gasteiger partial charge < -0.3 is 4.84 Å². The van der Waals surface area contributed by atoms with Crippen molar-refractivity contribution >= 4 is 5.71 Å². The van der Waals surface area contributed by atoms with Crippen molar-refractivity contribution in [3.63, 3.8) is 0 Å². The molecule has 1 aromatic rings. The Hall–Kier alpha value is -1.31. The van der Waals surface area contributed by atoms with E-state index >= 15 is 0 Å². The van der Waals surface area contributed by atoms with Gasteiger partial charge in [-0.05, 0) is 24.8 Å². The Labute approximate surface area is 109 Å². The summed E-state index contributed by atoms with van der Waals surface area (Å²) >= 11 is 0. The van der Waals surface area contributed by atoms with E-state index in [2.05, 4.69) is 42.4 Å². The zero-order chi connectivity index (χ0) is 12.4. The topological polar surface area (TPSA) is 21.6 Å². The van der Waals surface area contributed by atoms with Crippen molar-refractivity contribution in [2.24, 2.45) is 10.6 Å². The number of hydrogen-bond acceptors (Lipinski definition) is 2. The molecule has 3 rings (SSSR count). The number of benzene rings is 1. The molecule has 96 valence electrons. The second-order valence-corrected chi connectivity index (χ2v) is 5.80. The van der Waals surface area contributed by atoms with Crippen molar-refractivity contribution in [1.29, 1.82) is 0 Å². The highest BCUT2D eigenvalue weighted by Gasteiger charge is 2.45. The molecule has 1 heterocycles. The third-order valence-corrected chi connectivity index (χ3v) is 4.53. The molecule has 0 amide bonds. The predicted molar refractivity (Wildman–Crippen MR) is 73.6 cm³/mol. The second-order valence-electron chi connectivity index (χ2n) is 5.80. The maximum atomic E-state index is 5.75. The van der Waals surface area contributed by atoms with Gasteiger partial charge in [0.05, 0.1) is 5.71 Å². The van der Waals surface area contributed by atoms with Gasteiger partial charge in [-0.3, -0.25) is 0 Å². The van der Waals surface area contributed by atoms with Crippen molar-refractivity contribution in [3.8, 4) is 0 Å². The van der Waals surface area contributed by atoms with Crippen LogP contribution in [-0.4, -0.2) is 11.8 Å². The Bertz CT molecular complexity index is 440. The molecule has 2 aliphatic rings. The first kappa shape index (κ1) is 11.8. The molecule has 2 heteroatoms. The second kappa shape index (κ2) is 4.75. The van der Waals surface area contributed by atoms with E-state index in [0.29, 0.717) is 0 Å². The molecule has 1 aliphatic carbocycles. The molecule has 0 radical (unpaired) electrons. The largest absolute Gasteiger partial charge is 0.391 e. The van der Waals surface area contributed by atoms with Gasteiger partial charge in [0.25, 0.3) is 0 Å². The van der Waals surface area contributed by atoms with Crippen molar-refractivity contribution in [2.75, 3.05) is 0 Å². The van der Waals surface area contributed by atoms with Crippen molar-refractivity contribution in [1.82, 2.24) is 0 Å². The Kier molecular flexibility index (Phi) is 3.11. The number of oxime groups is 1. The third-order valence-electron chi connectivity index (χ3n) is 4.53. The van der Waals surface area contributed by atoms with Gasteiger partial charge >= 0.3 is 0 Å². The van der Waals surface area contributed by atoms with Crippen LogP contribution in [-0.2, 0) is 11.3 Å². The lowest BCUT2D eigenvalue weighted by Crippen LogP contribution is -2.36. The average Bonchev–Trinajstić information content (AvgIpc) is 2.58. The molecule has 1 aromatic carbocycles. The fourth-order valence-electron chi connectivity index (χ4n) is 3.22. The molecule has 2 nitrogen and oxygen atoms in total. The molecule has 0 aromatic heterocycles. The maximum absolute atomic E-state index is 5.75. The van der Waals surface area contributed by atoms with Gasteiger partial charge in [-0.25, -0.2) is 0 Å². The first-order valence-corrected chi connectivity index (χ1v) is 7.06. The first-order chi connectivity index (χ1) is 8.79. The van der Waals surface area contributed by atoms with Gasteiger partial charge in [0.1, 0.15) is 6.10 Å². The first-order valence-electron chi connectivity index (χ1n) is 7.06. The predicted octanol–water partition coefficient (Wildman–Crippen LogP) is 3.95. The highest BCUT2D eigenvalue weighted by atomic mass is 16.6. The fraction of sp³-hybridized carbons (Fsp3) is 0.562. The lowest BCUT2D eigenvalue weighted by Gasteiger charge is -2.29.